The van der Waals surface area contributed by atoms with Gasteiger partial charge in [-0.05, 0) is 49.7 Å². The van der Waals surface area contributed by atoms with Gasteiger partial charge in [0, 0.05) is 35.6 Å². The molecule has 0 aliphatic carbocycles. The number of fused-ring (bicyclic) bond motifs is 1. The van der Waals surface area contributed by atoms with Crippen LogP contribution in [0, 0.1) is 0 Å². The van der Waals surface area contributed by atoms with E-state index in [-0.39, 0.29) is 11.8 Å². The van der Waals surface area contributed by atoms with Crippen molar-refractivity contribution in [1.29, 1.82) is 0 Å². The van der Waals surface area contributed by atoms with Gasteiger partial charge in [-0.3, -0.25) is 9.59 Å². The predicted octanol–water partition coefficient (Wildman–Crippen LogP) is 5.10. The first kappa shape index (κ1) is 20.4. The zero-order valence-electron chi connectivity index (χ0n) is 17.7. The number of amides is 2. The summed E-state index contributed by atoms with van der Waals surface area (Å²) in [6, 6.07) is 24.9. The fourth-order valence-electron chi connectivity index (χ4n) is 3.79. The van der Waals surface area contributed by atoms with Gasteiger partial charge in [0.25, 0.3) is 11.8 Å². The Hall–Kier alpha value is -3.86. The van der Waals surface area contributed by atoms with Crippen LogP contribution in [-0.2, 0) is 4.79 Å². The van der Waals surface area contributed by atoms with E-state index in [2.05, 4.69) is 10.6 Å². The second kappa shape index (κ2) is 8.88. The maximum absolute atomic E-state index is 13.1. The summed E-state index contributed by atoms with van der Waals surface area (Å²) in [5.74, 6) is -0.228. The summed E-state index contributed by atoms with van der Waals surface area (Å²) in [5.41, 5.74) is 5.01. The average Bonchev–Trinajstić information content (AvgIpc) is 3.14. The minimum Gasteiger partial charge on any atom is -0.354 e. The van der Waals surface area contributed by atoms with Crippen LogP contribution in [0.4, 0.5) is 11.4 Å². The lowest BCUT2D eigenvalue weighted by Gasteiger charge is -2.19. The van der Waals surface area contributed by atoms with E-state index in [0.717, 1.165) is 16.8 Å². The molecule has 0 aromatic heterocycles. The average molecular weight is 412 g/mol. The first-order valence-corrected chi connectivity index (χ1v) is 10.5. The van der Waals surface area contributed by atoms with Gasteiger partial charge in [-0.2, -0.15) is 0 Å². The Labute approximate surface area is 182 Å². The Morgan fingerprint density at radius 2 is 1.52 bits per heavy atom. The van der Waals surface area contributed by atoms with Gasteiger partial charge in [0.15, 0.2) is 0 Å². The topological polar surface area (TPSA) is 61.4 Å². The molecule has 2 amide bonds. The molecule has 1 aliphatic rings. The van der Waals surface area contributed by atoms with Crippen molar-refractivity contribution in [2.24, 2.45) is 0 Å². The molecular formula is C26H25N3O2. The maximum atomic E-state index is 13.1. The number of carbonyl (C=O) groups is 2. The summed E-state index contributed by atoms with van der Waals surface area (Å²) >= 11 is 0. The summed E-state index contributed by atoms with van der Waals surface area (Å²) in [4.78, 5) is 27.7. The van der Waals surface area contributed by atoms with Crippen LogP contribution in [0.2, 0.25) is 0 Å². The van der Waals surface area contributed by atoms with Crippen molar-refractivity contribution in [3.05, 3.63) is 95.6 Å². The molecule has 0 spiro atoms. The molecule has 0 saturated heterocycles. The van der Waals surface area contributed by atoms with Crippen LogP contribution in [0.5, 0.6) is 0 Å². The number of rotatable bonds is 6. The monoisotopic (exact) mass is 411 g/mol. The lowest BCUT2D eigenvalue weighted by Crippen LogP contribution is -2.30. The van der Waals surface area contributed by atoms with Crippen LogP contribution < -0.4 is 10.6 Å². The van der Waals surface area contributed by atoms with Gasteiger partial charge in [-0.15, -0.1) is 0 Å². The number of carbonyl (C=O) groups excluding carboxylic acids is 2. The number of para-hydroxylation sites is 1. The van der Waals surface area contributed by atoms with Crippen LogP contribution in [0.15, 0.2) is 78.9 Å². The summed E-state index contributed by atoms with van der Waals surface area (Å²) in [6.45, 7) is 5.19. The van der Waals surface area contributed by atoms with Gasteiger partial charge in [0.2, 0.25) is 0 Å². The minimum atomic E-state index is -0.190. The third-order valence-electron chi connectivity index (χ3n) is 5.42. The third-order valence-corrected chi connectivity index (χ3v) is 5.42. The SMILES string of the molecule is CCN(CC)C(=O)c1ccc2c(c1)/C(=C(/Nc1ccccc1)c1ccccc1)C(=O)N2. The second-order valence-corrected chi connectivity index (χ2v) is 7.30. The predicted molar refractivity (Wildman–Crippen MR) is 126 cm³/mol. The van der Waals surface area contributed by atoms with Crippen molar-refractivity contribution in [2.75, 3.05) is 23.7 Å². The molecule has 31 heavy (non-hydrogen) atoms. The molecule has 0 radical (unpaired) electrons. The summed E-state index contributed by atoms with van der Waals surface area (Å²) in [7, 11) is 0. The van der Waals surface area contributed by atoms with Crippen LogP contribution >= 0.6 is 0 Å². The van der Waals surface area contributed by atoms with Gasteiger partial charge in [0.05, 0.1) is 11.3 Å². The second-order valence-electron chi connectivity index (χ2n) is 7.30. The van der Waals surface area contributed by atoms with E-state index in [1.165, 1.54) is 0 Å². The summed E-state index contributed by atoms with van der Waals surface area (Å²) in [6.07, 6.45) is 0. The fourth-order valence-corrected chi connectivity index (χ4v) is 3.79. The quantitative estimate of drug-likeness (QED) is 0.555. The molecule has 0 atom stereocenters. The largest absolute Gasteiger partial charge is 0.354 e. The number of hydrogen-bond donors (Lipinski definition) is 2. The molecule has 3 aromatic carbocycles. The normalized spacial score (nSPS) is 13.9. The van der Waals surface area contributed by atoms with E-state index in [0.29, 0.717) is 35.6 Å². The molecule has 0 saturated carbocycles. The van der Waals surface area contributed by atoms with Gasteiger partial charge in [-0.25, -0.2) is 0 Å². The molecule has 1 aliphatic heterocycles. The standard InChI is InChI=1S/C26H25N3O2/c1-3-29(4-2)26(31)19-15-16-22-21(17-19)23(25(30)28-22)24(18-11-7-5-8-12-18)27-20-13-9-6-10-14-20/h5-17,27H,3-4H2,1-2H3,(H,28,30)/b24-23-. The zero-order chi connectivity index (χ0) is 21.8. The van der Waals surface area contributed by atoms with Gasteiger partial charge in [-0.1, -0.05) is 48.5 Å². The molecule has 0 fully saturated rings. The van der Waals surface area contributed by atoms with E-state index in [4.69, 9.17) is 0 Å². The molecule has 0 bridgehead atoms. The van der Waals surface area contributed by atoms with Crippen LogP contribution in [0.3, 0.4) is 0 Å². The van der Waals surface area contributed by atoms with E-state index in [1.54, 1.807) is 11.0 Å². The fraction of sp³-hybridized carbons (Fsp3) is 0.154. The lowest BCUT2D eigenvalue weighted by molar-refractivity contribution is -0.110. The number of anilines is 2. The van der Waals surface area contributed by atoms with Crippen molar-refractivity contribution >= 4 is 34.5 Å². The maximum Gasteiger partial charge on any atom is 0.258 e. The van der Waals surface area contributed by atoms with Gasteiger partial charge in [0.1, 0.15) is 0 Å². The van der Waals surface area contributed by atoms with Gasteiger partial charge < -0.3 is 15.5 Å². The van der Waals surface area contributed by atoms with E-state index < -0.39 is 0 Å². The van der Waals surface area contributed by atoms with Crippen LogP contribution in [0.25, 0.3) is 11.3 Å². The van der Waals surface area contributed by atoms with E-state index in [9.17, 15) is 9.59 Å². The Bertz CT molecular complexity index is 1130. The molecule has 5 heteroatoms. The molecule has 2 N–H and O–H groups in total. The highest BCUT2D eigenvalue weighted by Gasteiger charge is 2.29. The lowest BCUT2D eigenvalue weighted by atomic mass is 9.98. The smallest absolute Gasteiger partial charge is 0.258 e. The Balaban J connectivity index is 1.87. The number of benzene rings is 3. The van der Waals surface area contributed by atoms with Crippen molar-refractivity contribution in [1.82, 2.24) is 4.90 Å². The van der Waals surface area contributed by atoms with Crippen LogP contribution in [0.1, 0.15) is 35.3 Å². The minimum absolute atomic E-state index is 0.0382. The molecule has 1 heterocycles. The highest BCUT2D eigenvalue weighted by atomic mass is 16.2. The number of nitrogens with one attached hydrogen (secondary N) is 2. The molecule has 5 nitrogen and oxygen atoms in total. The molecule has 4 rings (SSSR count). The Morgan fingerprint density at radius 3 is 2.16 bits per heavy atom. The van der Waals surface area contributed by atoms with E-state index >= 15 is 0 Å². The number of nitrogens with zero attached hydrogens (tertiary/aromatic N) is 1. The highest BCUT2D eigenvalue weighted by molar-refractivity contribution is 6.37. The first-order chi connectivity index (χ1) is 15.1. The van der Waals surface area contributed by atoms with E-state index in [1.807, 2.05) is 86.6 Å². The van der Waals surface area contributed by atoms with Crippen molar-refractivity contribution in [3.8, 4) is 0 Å². The number of hydrogen-bond acceptors (Lipinski definition) is 3. The van der Waals surface area contributed by atoms with Crippen molar-refractivity contribution in [3.63, 3.8) is 0 Å². The first-order valence-electron chi connectivity index (χ1n) is 10.5. The van der Waals surface area contributed by atoms with Crippen LogP contribution in [-0.4, -0.2) is 29.8 Å². The Morgan fingerprint density at radius 1 is 0.871 bits per heavy atom. The molecular weight excluding hydrogens is 386 g/mol. The van der Waals surface area contributed by atoms with Crippen molar-refractivity contribution < 1.29 is 9.59 Å². The van der Waals surface area contributed by atoms with Gasteiger partial charge >= 0.3 is 0 Å². The molecule has 3 aromatic rings. The molecule has 156 valence electrons. The summed E-state index contributed by atoms with van der Waals surface area (Å²) < 4.78 is 0. The summed E-state index contributed by atoms with van der Waals surface area (Å²) in [5, 5.41) is 6.37. The highest BCUT2D eigenvalue weighted by Crippen LogP contribution is 2.38. The third kappa shape index (κ3) is 4.08. The molecule has 0 unspecified atom stereocenters. The van der Waals surface area contributed by atoms with Crippen molar-refractivity contribution in [2.45, 2.75) is 13.8 Å². The Kier molecular flexibility index (Phi) is 5.85. The zero-order valence-corrected chi connectivity index (χ0v) is 17.7.